The molecule has 0 amide bonds. The standard InChI is InChI=1S/C16H17N4O/c21-15-14(18-6-7-19-15)20-8-3-16(4-9-20)10-12-2-1-5-17-13(12)11-16/h1-2,5-6H,3-4,8-11H2,(H,19,21). The molecule has 0 saturated carbocycles. The number of nitrogens with zero attached hydrogens (tertiary/aromatic N) is 3. The number of aromatic amines is 1. The van der Waals surface area contributed by atoms with E-state index in [0.717, 1.165) is 38.8 Å². The molecule has 0 bridgehead atoms. The second-order valence-electron chi connectivity index (χ2n) is 6.13. The van der Waals surface area contributed by atoms with Gasteiger partial charge < -0.3 is 9.88 Å². The molecule has 4 rings (SSSR count). The van der Waals surface area contributed by atoms with Crippen LogP contribution in [0.4, 0.5) is 5.82 Å². The predicted octanol–water partition coefficient (Wildman–Crippen LogP) is 1.35. The first-order valence-corrected chi connectivity index (χ1v) is 7.39. The Hall–Kier alpha value is -2.17. The fraction of sp³-hybridized carbons (Fsp3) is 0.438. The van der Waals surface area contributed by atoms with Crippen molar-refractivity contribution in [2.45, 2.75) is 25.7 Å². The Morgan fingerprint density at radius 1 is 1.24 bits per heavy atom. The summed E-state index contributed by atoms with van der Waals surface area (Å²) >= 11 is 0. The molecule has 0 aromatic carbocycles. The highest BCUT2D eigenvalue weighted by Gasteiger charge is 2.40. The maximum atomic E-state index is 11.8. The number of hydrogen-bond acceptors (Lipinski definition) is 4. The number of H-pyrrole nitrogens is 1. The van der Waals surface area contributed by atoms with Gasteiger partial charge in [-0.05, 0) is 42.7 Å². The summed E-state index contributed by atoms with van der Waals surface area (Å²) in [5.41, 5.74) is 2.85. The highest BCUT2D eigenvalue weighted by Crippen LogP contribution is 2.44. The van der Waals surface area contributed by atoms with Crippen molar-refractivity contribution in [3.63, 3.8) is 0 Å². The van der Waals surface area contributed by atoms with E-state index in [1.54, 1.807) is 0 Å². The summed E-state index contributed by atoms with van der Waals surface area (Å²) in [4.78, 5) is 25.2. The Bertz CT molecular complexity index is 689. The number of hydrogen-bond donors (Lipinski definition) is 1. The average molecular weight is 281 g/mol. The molecular formula is C16H17N4O. The summed E-state index contributed by atoms with van der Waals surface area (Å²) in [5.74, 6) is 0.525. The summed E-state index contributed by atoms with van der Waals surface area (Å²) in [6.07, 6.45) is 10.4. The van der Waals surface area contributed by atoms with E-state index in [-0.39, 0.29) is 5.56 Å². The van der Waals surface area contributed by atoms with Gasteiger partial charge in [0.15, 0.2) is 5.82 Å². The van der Waals surface area contributed by atoms with Crippen LogP contribution in [-0.2, 0) is 12.8 Å². The van der Waals surface area contributed by atoms with Crippen LogP contribution in [0.1, 0.15) is 24.1 Å². The van der Waals surface area contributed by atoms with E-state index in [2.05, 4.69) is 32.1 Å². The van der Waals surface area contributed by atoms with Crippen LogP contribution in [-0.4, -0.2) is 28.0 Å². The molecule has 0 atom stereocenters. The number of piperidine rings is 1. The third-order valence-corrected chi connectivity index (χ3v) is 4.86. The molecule has 2 aromatic rings. The number of rotatable bonds is 1. The average Bonchev–Trinajstić information content (AvgIpc) is 2.86. The molecule has 3 heterocycles. The molecule has 1 radical (unpaired) electrons. The van der Waals surface area contributed by atoms with Crippen LogP contribution in [0.3, 0.4) is 0 Å². The van der Waals surface area contributed by atoms with Crippen molar-refractivity contribution in [1.82, 2.24) is 15.0 Å². The molecular weight excluding hydrogens is 264 g/mol. The topological polar surface area (TPSA) is 61.9 Å². The first kappa shape index (κ1) is 12.6. The van der Waals surface area contributed by atoms with Gasteiger partial charge in [-0.2, -0.15) is 0 Å². The molecule has 107 valence electrons. The lowest BCUT2D eigenvalue weighted by molar-refractivity contribution is 0.231. The lowest BCUT2D eigenvalue weighted by Crippen LogP contribution is -2.43. The highest BCUT2D eigenvalue weighted by molar-refractivity contribution is 5.37. The maximum Gasteiger partial charge on any atom is 0.291 e. The van der Waals surface area contributed by atoms with Gasteiger partial charge in [-0.25, -0.2) is 4.98 Å². The third kappa shape index (κ3) is 2.13. The van der Waals surface area contributed by atoms with Gasteiger partial charge in [-0.15, -0.1) is 0 Å². The van der Waals surface area contributed by atoms with E-state index in [0.29, 0.717) is 11.2 Å². The normalized spacial score (nSPS) is 19.7. The Kier molecular flexibility index (Phi) is 2.80. The van der Waals surface area contributed by atoms with Crippen molar-refractivity contribution in [3.8, 4) is 0 Å². The Labute approximate surface area is 123 Å². The monoisotopic (exact) mass is 281 g/mol. The lowest BCUT2D eigenvalue weighted by Gasteiger charge is -2.39. The molecule has 1 spiro atoms. The lowest BCUT2D eigenvalue weighted by atomic mass is 9.76. The molecule has 1 aliphatic heterocycles. The SMILES string of the molecule is O=c1[nH][c]cnc1N1CCC2(CC1)Cc1cccnc1C2. The maximum absolute atomic E-state index is 11.8. The van der Waals surface area contributed by atoms with Gasteiger partial charge in [0.05, 0.1) is 12.4 Å². The van der Waals surface area contributed by atoms with Crippen molar-refractivity contribution >= 4 is 5.82 Å². The number of aromatic nitrogens is 3. The van der Waals surface area contributed by atoms with E-state index in [4.69, 9.17) is 0 Å². The van der Waals surface area contributed by atoms with Crippen LogP contribution in [0, 0.1) is 11.6 Å². The summed E-state index contributed by atoms with van der Waals surface area (Å²) in [5, 5.41) is 0. The molecule has 1 fully saturated rings. The van der Waals surface area contributed by atoms with Gasteiger partial charge in [-0.1, -0.05) is 6.07 Å². The minimum absolute atomic E-state index is 0.148. The Morgan fingerprint density at radius 2 is 2.10 bits per heavy atom. The van der Waals surface area contributed by atoms with E-state index >= 15 is 0 Å². The Balaban J connectivity index is 1.51. The van der Waals surface area contributed by atoms with E-state index < -0.39 is 0 Å². The van der Waals surface area contributed by atoms with Crippen molar-refractivity contribution in [2.75, 3.05) is 18.0 Å². The van der Waals surface area contributed by atoms with Crippen LogP contribution in [0.2, 0.25) is 0 Å². The van der Waals surface area contributed by atoms with Crippen molar-refractivity contribution < 1.29 is 0 Å². The molecule has 1 saturated heterocycles. The smallest absolute Gasteiger partial charge is 0.291 e. The van der Waals surface area contributed by atoms with E-state index in [9.17, 15) is 4.79 Å². The second kappa shape index (κ2) is 4.69. The molecule has 2 aliphatic rings. The quantitative estimate of drug-likeness (QED) is 0.857. The number of fused-ring (bicyclic) bond motifs is 1. The van der Waals surface area contributed by atoms with E-state index in [1.807, 2.05) is 12.3 Å². The van der Waals surface area contributed by atoms with Crippen LogP contribution < -0.4 is 10.5 Å². The van der Waals surface area contributed by atoms with Crippen molar-refractivity contribution in [1.29, 1.82) is 0 Å². The third-order valence-electron chi connectivity index (χ3n) is 4.86. The predicted molar refractivity (Wildman–Crippen MR) is 79.2 cm³/mol. The van der Waals surface area contributed by atoms with Crippen LogP contribution in [0.5, 0.6) is 0 Å². The zero-order valence-corrected chi connectivity index (χ0v) is 11.8. The summed E-state index contributed by atoms with van der Waals surface area (Å²) in [6.45, 7) is 1.77. The van der Waals surface area contributed by atoms with Crippen LogP contribution in [0.25, 0.3) is 0 Å². The number of anilines is 1. The molecule has 2 aromatic heterocycles. The first-order chi connectivity index (χ1) is 10.3. The molecule has 1 N–H and O–H groups in total. The summed E-state index contributed by atoms with van der Waals surface area (Å²) in [6, 6.07) is 4.22. The summed E-state index contributed by atoms with van der Waals surface area (Å²) in [7, 11) is 0. The largest absolute Gasteiger partial charge is 0.352 e. The second-order valence-corrected chi connectivity index (χ2v) is 6.13. The first-order valence-electron chi connectivity index (χ1n) is 7.39. The van der Waals surface area contributed by atoms with Gasteiger partial charge in [-0.3, -0.25) is 9.78 Å². The molecule has 21 heavy (non-hydrogen) atoms. The Morgan fingerprint density at radius 3 is 2.86 bits per heavy atom. The molecule has 0 unspecified atom stereocenters. The van der Waals surface area contributed by atoms with Gasteiger partial charge in [0.25, 0.3) is 5.56 Å². The highest BCUT2D eigenvalue weighted by atomic mass is 16.1. The van der Waals surface area contributed by atoms with Gasteiger partial charge >= 0.3 is 0 Å². The minimum Gasteiger partial charge on any atom is -0.352 e. The van der Waals surface area contributed by atoms with Gasteiger partial charge in [0.2, 0.25) is 0 Å². The number of nitrogens with one attached hydrogen (secondary N) is 1. The minimum atomic E-state index is -0.148. The zero-order chi connectivity index (χ0) is 14.3. The van der Waals surface area contributed by atoms with Crippen molar-refractivity contribution in [2.24, 2.45) is 5.41 Å². The van der Waals surface area contributed by atoms with Gasteiger partial charge in [0, 0.05) is 25.0 Å². The van der Waals surface area contributed by atoms with Crippen molar-refractivity contribution in [3.05, 3.63) is 52.3 Å². The van der Waals surface area contributed by atoms with Crippen LogP contribution in [0.15, 0.2) is 29.3 Å². The summed E-state index contributed by atoms with van der Waals surface area (Å²) < 4.78 is 0. The molecule has 5 nitrogen and oxygen atoms in total. The number of pyridine rings is 1. The van der Waals surface area contributed by atoms with E-state index in [1.165, 1.54) is 17.5 Å². The fourth-order valence-electron chi connectivity index (χ4n) is 3.69. The molecule has 1 aliphatic carbocycles. The zero-order valence-electron chi connectivity index (χ0n) is 11.8. The van der Waals surface area contributed by atoms with Crippen LogP contribution >= 0.6 is 0 Å². The molecule has 5 heteroatoms. The fourth-order valence-corrected chi connectivity index (χ4v) is 3.69. The van der Waals surface area contributed by atoms with Gasteiger partial charge in [0.1, 0.15) is 0 Å².